The lowest BCUT2D eigenvalue weighted by molar-refractivity contribution is -0.115. The van der Waals surface area contributed by atoms with Gasteiger partial charge in [0.15, 0.2) is 5.16 Å². The maximum atomic E-state index is 12.5. The predicted octanol–water partition coefficient (Wildman–Crippen LogP) is 3.48. The van der Waals surface area contributed by atoms with E-state index in [-0.39, 0.29) is 11.2 Å². The standard InChI is InChI=1S/C18H19N5OS/c1-11(17(24)20-14-4-2-3-12(9-14)10-19)25-18-22-21-16(13-5-6-13)23(18)15-7-8-15/h2-4,9,11,13,15H,5-8H2,1H3,(H,20,24)/t11-/m1/s1. The Morgan fingerprint density at radius 3 is 2.84 bits per heavy atom. The summed E-state index contributed by atoms with van der Waals surface area (Å²) in [5.41, 5.74) is 1.17. The molecule has 25 heavy (non-hydrogen) atoms. The van der Waals surface area contributed by atoms with Crippen LogP contribution in [0, 0.1) is 11.3 Å². The molecule has 6 nitrogen and oxygen atoms in total. The summed E-state index contributed by atoms with van der Waals surface area (Å²) < 4.78 is 2.25. The molecule has 2 aromatic rings. The fourth-order valence-electron chi connectivity index (χ4n) is 2.79. The van der Waals surface area contributed by atoms with Crippen molar-refractivity contribution < 1.29 is 4.79 Å². The average Bonchev–Trinajstić information content (AvgIpc) is 3.54. The summed E-state index contributed by atoms with van der Waals surface area (Å²) in [4.78, 5) is 12.5. The Labute approximate surface area is 150 Å². The Bertz CT molecular complexity index is 847. The summed E-state index contributed by atoms with van der Waals surface area (Å²) in [6.45, 7) is 1.87. The van der Waals surface area contributed by atoms with Crippen molar-refractivity contribution in [2.24, 2.45) is 0 Å². The molecule has 2 saturated carbocycles. The van der Waals surface area contributed by atoms with Crippen molar-refractivity contribution in [2.45, 2.75) is 55.0 Å². The molecule has 1 heterocycles. The fourth-order valence-corrected chi connectivity index (χ4v) is 3.71. The lowest BCUT2D eigenvalue weighted by Gasteiger charge is -2.13. The number of nitrogens with one attached hydrogen (secondary N) is 1. The number of anilines is 1. The molecular weight excluding hydrogens is 334 g/mol. The lowest BCUT2D eigenvalue weighted by atomic mass is 10.2. The SMILES string of the molecule is C[C@@H](Sc1nnc(C2CC2)n1C1CC1)C(=O)Nc1cccc(C#N)c1. The maximum Gasteiger partial charge on any atom is 0.237 e. The van der Waals surface area contributed by atoms with Crippen LogP contribution in [-0.2, 0) is 4.79 Å². The molecule has 1 amide bonds. The molecule has 2 aliphatic rings. The van der Waals surface area contributed by atoms with Gasteiger partial charge >= 0.3 is 0 Å². The van der Waals surface area contributed by atoms with Gasteiger partial charge in [-0.15, -0.1) is 10.2 Å². The van der Waals surface area contributed by atoms with E-state index in [0.29, 0.717) is 23.2 Å². The quantitative estimate of drug-likeness (QED) is 0.804. The molecule has 2 fully saturated rings. The average molecular weight is 353 g/mol. The van der Waals surface area contributed by atoms with Gasteiger partial charge in [0.05, 0.1) is 16.9 Å². The number of carbonyl (C=O) groups excluding carboxylic acids is 1. The van der Waals surface area contributed by atoms with Crippen LogP contribution in [0.3, 0.4) is 0 Å². The largest absolute Gasteiger partial charge is 0.325 e. The smallest absolute Gasteiger partial charge is 0.237 e. The first-order valence-corrected chi connectivity index (χ1v) is 9.46. The van der Waals surface area contributed by atoms with Crippen LogP contribution in [0.2, 0.25) is 0 Å². The zero-order valence-corrected chi connectivity index (χ0v) is 14.8. The highest BCUT2D eigenvalue weighted by Crippen LogP contribution is 2.46. The van der Waals surface area contributed by atoms with Crippen molar-refractivity contribution in [2.75, 3.05) is 5.32 Å². The molecule has 1 aromatic carbocycles. The summed E-state index contributed by atoms with van der Waals surface area (Å²) in [7, 11) is 0. The Hall–Kier alpha value is -2.33. The molecule has 2 aliphatic carbocycles. The van der Waals surface area contributed by atoms with Crippen LogP contribution in [0.4, 0.5) is 5.69 Å². The topological polar surface area (TPSA) is 83.6 Å². The molecule has 0 aliphatic heterocycles. The second-order valence-electron chi connectivity index (χ2n) is 6.66. The molecule has 4 rings (SSSR count). The number of aromatic nitrogens is 3. The third-order valence-electron chi connectivity index (χ3n) is 4.46. The van der Waals surface area contributed by atoms with E-state index in [1.807, 2.05) is 6.92 Å². The van der Waals surface area contributed by atoms with Crippen molar-refractivity contribution in [3.63, 3.8) is 0 Å². The van der Waals surface area contributed by atoms with E-state index in [4.69, 9.17) is 5.26 Å². The first kappa shape index (κ1) is 16.2. The van der Waals surface area contributed by atoms with E-state index in [0.717, 1.165) is 11.0 Å². The third-order valence-corrected chi connectivity index (χ3v) is 5.51. The van der Waals surface area contributed by atoms with Crippen LogP contribution in [0.1, 0.15) is 56.0 Å². The zero-order chi connectivity index (χ0) is 17.4. The minimum Gasteiger partial charge on any atom is -0.325 e. The number of hydrogen-bond acceptors (Lipinski definition) is 5. The summed E-state index contributed by atoms with van der Waals surface area (Å²) in [5, 5.41) is 21.1. The van der Waals surface area contributed by atoms with Gasteiger partial charge in [-0.05, 0) is 50.8 Å². The Balaban J connectivity index is 1.45. The van der Waals surface area contributed by atoms with E-state index >= 15 is 0 Å². The summed E-state index contributed by atoms with van der Waals surface area (Å²) >= 11 is 1.45. The summed E-state index contributed by atoms with van der Waals surface area (Å²) in [6.07, 6.45) is 4.74. The summed E-state index contributed by atoms with van der Waals surface area (Å²) in [5.74, 6) is 1.55. The van der Waals surface area contributed by atoms with Crippen LogP contribution >= 0.6 is 11.8 Å². The summed E-state index contributed by atoms with van der Waals surface area (Å²) in [6, 6.07) is 9.52. The van der Waals surface area contributed by atoms with Gasteiger partial charge in [0.25, 0.3) is 0 Å². The highest BCUT2D eigenvalue weighted by Gasteiger charge is 2.37. The van der Waals surface area contributed by atoms with Crippen LogP contribution in [0.15, 0.2) is 29.4 Å². The number of carbonyl (C=O) groups is 1. The second kappa shape index (κ2) is 6.52. The lowest BCUT2D eigenvalue weighted by Crippen LogP contribution is -2.23. The van der Waals surface area contributed by atoms with Crippen LogP contribution in [0.5, 0.6) is 0 Å². The van der Waals surface area contributed by atoms with Gasteiger partial charge in [-0.1, -0.05) is 17.8 Å². The maximum absolute atomic E-state index is 12.5. The predicted molar refractivity (Wildman–Crippen MR) is 95.4 cm³/mol. The van der Waals surface area contributed by atoms with E-state index in [1.165, 1.54) is 37.4 Å². The van der Waals surface area contributed by atoms with E-state index < -0.39 is 0 Å². The molecule has 0 radical (unpaired) electrons. The Morgan fingerprint density at radius 2 is 2.16 bits per heavy atom. The molecule has 7 heteroatoms. The molecule has 128 valence electrons. The number of hydrogen-bond donors (Lipinski definition) is 1. The van der Waals surface area contributed by atoms with Crippen molar-refractivity contribution in [3.8, 4) is 6.07 Å². The molecule has 0 saturated heterocycles. The number of benzene rings is 1. The minimum absolute atomic E-state index is 0.0987. The molecule has 0 bridgehead atoms. The fraction of sp³-hybridized carbons (Fsp3) is 0.444. The third kappa shape index (κ3) is 3.54. The van der Waals surface area contributed by atoms with Crippen LogP contribution in [-0.4, -0.2) is 25.9 Å². The van der Waals surface area contributed by atoms with E-state index in [1.54, 1.807) is 24.3 Å². The number of nitrogens with zero attached hydrogens (tertiary/aromatic N) is 4. The van der Waals surface area contributed by atoms with Crippen LogP contribution < -0.4 is 5.32 Å². The molecule has 1 N–H and O–H groups in total. The van der Waals surface area contributed by atoms with Gasteiger partial charge in [-0.25, -0.2) is 0 Å². The van der Waals surface area contributed by atoms with Crippen molar-refractivity contribution in [3.05, 3.63) is 35.7 Å². The van der Waals surface area contributed by atoms with Gasteiger partial charge < -0.3 is 9.88 Å². The van der Waals surface area contributed by atoms with Crippen molar-refractivity contribution in [1.82, 2.24) is 14.8 Å². The molecule has 0 unspecified atom stereocenters. The molecular formula is C18H19N5OS. The van der Waals surface area contributed by atoms with Gasteiger partial charge in [0, 0.05) is 17.6 Å². The zero-order valence-electron chi connectivity index (χ0n) is 14.0. The second-order valence-corrected chi connectivity index (χ2v) is 7.97. The monoisotopic (exact) mass is 353 g/mol. The van der Waals surface area contributed by atoms with Crippen LogP contribution in [0.25, 0.3) is 0 Å². The first-order valence-electron chi connectivity index (χ1n) is 8.58. The Kier molecular flexibility index (Phi) is 4.22. The van der Waals surface area contributed by atoms with E-state index in [2.05, 4.69) is 26.2 Å². The van der Waals surface area contributed by atoms with Gasteiger partial charge in [0.2, 0.25) is 5.91 Å². The van der Waals surface area contributed by atoms with E-state index in [9.17, 15) is 4.79 Å². The van der Waals surface area contributed by atoms with Crippen molar-refractivity contribution in [1.29, 1.82) is 5.26 Å². The first-order chi connectivity index (χ1) is 12.2. The number of nitriles is 1. The normalized spacial score (nSPS) is 17.8. The van der Waals surface area contributed by atoms with Gasteiger partial charge in [-0.3, -0.25) is 4.79 Å². The number of rotatable bonds is 6. The van der Waals surface area contributed by atoms with Crippen molar-refractivity contribution >= 4 is 23.4 Å². The van der Waals surface area contributed by atoms with Gasteiger partial charge in [0.1, 0.15) is 5.82 Å². The molecule has 1 aromatic heterocycles. The highest BCUT2D eigenvalue weighted by atomic mass is 32.2. The molecule has 0 spiro atoms. The Morgan fingerprint density at radius 1 is 1.36 bits per heavy atom. The van der Waals surface area contributed by atoms with Gasteiger partial charge in [-0.2, -0.15) is 5.26 Å². The highest BCUT2D eigenvalue weighted by molar-refractivity contribution is 8.00. The number of thioether (sulfide) groups is 1. The molecule has 1 atom stereocenters. The number of amides is 1. The minimum atomic E-state index is -0.292.